The molecular formula is C12H12Cl2O3. The summed E-state index contributed by atoms with van der Waals surface area (Å²) in [5.74, 6) is -0.804. The standard InChI is InChI=1S/C12H12Cl2O3/c1-11(8-5-3-2-4-6-8)7-17-10(16)12(13,14)9(11)15/h2-6,9,15H,7H2,1H3/t9-,11+/m0/s1. The van der Waals surface area contributed by atoms with E-state index in [0.29, 0.717) is 0 Å². The van der Waals surface area contributed by atoms with Crippen molar-refractivity contribution in [2.75, 3.05) is 6.61 Å². The molecule has 0 aliphatic carbocycles. The molecule has 0 saturated carbocycles. The molecule has 1 aromatic rings. The number of halogens is 2. The Morgan fingerprint density at radius 2 is 1.94 bits per heavy atom. The molecule has 1 aliphatic heterocycles. The summed E-state index contributed by atoms with van der Waals surface area (Å²) < 4.78 is 3.04. The molecule has 0 bridgehead atoms. The number of hydrogen-bond donors (Lipinski definition) is 1. The van der Waals surface area contributed by atoms with E-state index in [1.54, 1.807) is 6.92 Å². The second-order valence-electron chi connectivity index (χ2n) is 4.39. The van der Waals surface area contributed by atoms with E-state index in [9.17, 15) is 9.90 Å². The highest BCUT2D eigenvalue weighted by Crippen LogP contribution is 2.43. The van der Waals surface area contributed by atoms with Gasteiger partial charge in [-0.05, 0) is 12.5 Å². The fraction of sp³-hybridized carbons (Fsp3) is 0.417. The maximum absolute atomic E-state index is 11.4. The number of alkyl halides is 2. The van der Waals surface area contributed by atoms with Crippen molar-refractivity contribution in [2.24, 2.45) is 0 Å². The Bertz CT molecular complexity index is 433. The van der Waals surface area contributed by atoms with Gasteiger partial charge < -0.3 is 9.84 Å². The predicted molar refractivity (Wildman–Crippen MR) is 65.2 cm³/mol. The zero-order chi connectivity index (χ0) is 12.7. The number of aliphatic hydroxyl groups is 1. The number of ether oxygens (including phenoxy) is 1. The van der Waals surface area contributed by atoms with E-state index in [-0.39, 0.29) is 6.61 Å². The second kappa shape index (κ2) is 4.16. The minimum absolute atomic E-state index is 0.0538. The largest absolute Gasteiger partial charge is 0.462 e. The normalized spacial score (nSPS) is 32.0. The molecule has 1 heterocycles. The van der Waals surface area contributed by atoms with Crippen LogP contribution in [0.15, 0.2) is 30.3 Å². The second-order valence-corrected chi connectivity index (χ2v) is 5.77. The average molecular weight is 275 g/mol. The van der Waals surface area contributed by atoms with Crippen LogP contribution in [0.5, 0.6) is 0 Å². The Hall–Kier alpha value is -0.770. The number of aliphatic hydroxyl groups excluding tert-OH is 1. The van der Waals surface area contributed by atoms with Crippen LogP contribution in [0.3, 0.4) is 0 Å². The predicted octanol–water partition coefficient (Wildman–Crippen LogP) is 2.04. The maximum Gasteiger partial charge on any atom is 0.345 e. The smallest absolute Gasteiger partial charge is 0.345 e. The highest BCUT2D eigenvalue weighted by molar-refractivity contribution is 6.58. The summed E-state index contributed by atoms with van der Waals surface area (Å²) in [5.41, 5.74) is 0.0178. The summed E-state index contributed by atoms with van der Waals surface area (Å²) in [7, 11) is 0. The Kier molecular flexibility index (Phi) is 3.10. The van der Waals surface area contributed by atoms with Gasteiger partial charge in [0, 0.05) is 0 Å². The van der Waals surface area contributed by atoms with Crippen LogP contribution in [0.25, 0.3) is 0 Å². The third-order valence-electron chi connectivity index (χ3n) is 3.16. The van der Waals surface area contributed by atoms with Crippen LogP contribution in [0.4, 0.5) is 0 Å². The first-order chi connectivity index (χ1) is 7.89. The summed E-state index contributed by atoms with van der Waals surface area (Å²) in [6.07, 6.45) is -1.22. The summed E-state index contributed by atoms with van der Waals surface area (Å²) in [6, 6.07) is 9.23. The lowest BCUT2D eigenvalue weighted by molar-refractivity contribution is -0.160. The van der Waals surface area contributed by atoms with Crippen LogP contribution in [0.2, 0.25) is 0 Å². The number of carbonyl (C=O) groups is 1. The molecule has 0 amide bonds. The first-order valence-electron chi connectivity index (χ1n) is 5.17. The van der Waals surface area contributed by atoms with Gasteiger partial charge in [-0.25, -0.2) is 4.79 Å². The molecule has 1 aromatic carbocycles. The van der Waals surface area contributed by atoms with E-state index >= 15 is 0 Å². The van der Waals surface area contributed by atoms with Gasteiger partial charge in [0.05, 0.1) is 5.41 Å². The van der Waals surface area contributed by atoms with Gasteiger partial charge >= 0.3 is 5.97 Å². The van der Waals surface area contributed by atoms with E-state index < -0.39 is 21.8 Å². The van der Waals surface area contributed by atoms with Gasteiger partial charge in [-0.15, -0.1) is 0 Å². The number of benzene rings is 1. The van der Waals surface area contributed by atoms with E-state index in [4.69, 9.17) is 27.9 Å². The fourth-order valence-electron chi connectivity index (χ4n) is 1.96. The van der Waals surface area contributed by atoms with Crippen molar-refractivity contribution in [3.8, 4) is 0 Å². The zero-order valence-corrected chi connectivity index (χ0v) is 10.7. The van der Waals surface area contributed by atoms with Crippen LogP contribution in [0, 0.1) is 0 Å². The summed E-state index contributed by atoms with van der Waals surface area (Å²) >= 11 is 11.7. The van der Waals surface area contributed by atoms with Gasteiger partial charge in [-0.1, -0.05) is 53.5 Å². The van der Waals surface area contributed by atoms with E-state index in [0.717, 1.165) is 5.56 Å². The summed E-state index contributed by atoms with van der Waals surface area (Å²) in [4.78, 5) is 11.4. The maximum atomic E-state index is 11.4. The van der Waals surface area contributed by atoms with Gasteiger partial charge in [-0.2, -0.15) is 0 Å². The van der Waals surface area contributed by atoms with Crippen molar-refractivity contribution in [2.45, 2.75) is 22.8 Å². The van der Waals surface area contributed by atoms with Crippen molar-refractivity contribution in [1.29, 1.82) is 0 Å². The lowest BCUT2D eigenvalue weighted by Gasteiger charge is -2.43. The van der Waals surface area contributed by atoms with Crippen molar-refractivity contribution < 1.29 is 14.6 Å². The molecule has 1 N–H and O–H groups in total. The Labute approximate surface area is 109 Å². The van der Waals surface area contributed by atoms with Crippen LogP contribution in [-0.2, 0) is 14.9 Å². The van der Waals surface area contributed by atoms with Crippen molar-refractivity contribution in [1.82, 2.24) is 0 Å². The Morgan fingerprint density at radius 3 is 2.53 bits per heavy atom. The number of esters is 1. The van der Waals surface area contributed by atoms with Gasteiger partial charge in [0.15, 0.2) is 0 Å². The lowest BCUT2D eigenvalue weighted by Crippen LogP contribution is -2.59. The number of hydrogen-bond acceptors (Lipinski definition) is 3. The molecule has 0 unspecified atom stereocenters. The minimum Gasteiger partial charge on any atom is -0.462 e. The SMILES string of the molecule is C[C@]1(c2ccccc2)COC(=O)C(Cl)(Cl)[C@H]1O. The molecule has 2 atom stereocenters. The Balaban J connectivity index is 2.43. The molecule has 0 spiro atoms. The van der Waals surface area contributed by atoms with Crippen molar-refractivity contribution in [3.05, 3.63) is 35.9 Å². The number of cyclic esters (lactones) is 1. The van der Waals surface area contributed by atoms with Crippen LogP contribution in [-0.4, -0.2) is 28.1 Å². The molecule has 17 heavy (non-hydrogen) atoms. The van der Waals surface area contributed by atoms with Crippen LogP contribution in [0.1, 0.15) is 12.5 Å². The lowest BCUT2D eigenvalue weighted by atomic mass is 9.75. The third-order valence-corrected chi connectivity index (χ3v) is 3.88. The van der Waals surface area contributed by atoms with Gasteiger partial charge in [0.25, 0.3) is 0 Å². The first kappa shape index (κ1) is 12.7. The zero-order valence-electron chi connectivity index (χ0n) is 9.19. The van der Waals surface area contributed by atoms with E-state index in [1.165, 1.54) is 0 Å². The van der Waals surface area contributed by atoms with Crippen molar-refractivity contribution in [3.63, 3.8) is 0 Å². The Morgan fingerprint density at radius 1 is 1.35 bits per heavy atom. The molecule has 3 nitrogen and oxygen atoms in total. The minimum atomic E-state index is -1.93. The summed E-state index contributed by atoms with van der Waals surface area (Å²) in [6.45, 7) is 1.82. The molecule has 0 aromatic heterocycles. The third kappa shape index (κ3) is 1.92. The number of rotatable bonds is 1. The van der Waals surface area contributed by atoms with Gasteiger partial charge in [0.1, 0.15) is 12.7 Å². The molecule has 1 saturated heterocycles. The van der Waals surface area contributed by atoms with Gasteiger partial charge in [0.2, 0.25) is 4.33 Å². The van der Waals surface area contributed by atoms with Crippen LogP contribution < -0.4 is 0 Å². The van der Waals surface area contributed by atoms with Crippen molar-refractivity contribution >= 4 is 29.2 Å². The molecule has 0 radical (unpaired) electrons. The van der Waals surface area contributed by atoms with Crippen LogP contribution >= 0.6 is 23.2 Å². The molecule has 1 aliphatic rings. The fourth-order valence-corrected chi connectivity index (χ4v) is 2.55. The highest BCUT2D eigenvalue weighted by atomic mass is 35.5. The molecular weight excluding hydrogens is 263 g/mol. The quantitative estimate of drug-likeness (QED) is 0.630. The topological polar surface area (TPSA) is 46.5 Å². The highest BCUT2D eigenvalue weighted by Gasteiger charge is 2.57. The van der Waals surface area contributed by atoms with E-state index in [1.807, 2.05) is 30.3 Å². The first-order valence-corrected chi connectivity index (χ1v) is 5.93. The van der Waals surface area contributed by atoms with E-state index in [2.05, 4.69) is 0 Å². The number of carbonyl (C=O) groups excluding carboxylic acids is 1. The molecule has 5 heteroatoms. The summed E-state index contributed by atoms with van der Waals surface area (Å²) in [5, 5.41) is 10.2. The van der Waals surface area contributed by atoms with Gasteiger partial charge in [-0.3, -0.25) is 0 Å². The monoisotopic (exact) mass is 274 g/mol. The molecule has 92 valence electrons. The average Bonchev–Trinajstić information content (AvgIpc) is 2.34. The molecule has 2 rings (SSSR count). The molecule has 1 fully saturated rings.